The first-order chi connectivity index (χ1) is 8.60. The number of ether oxygens (including phenoxy) is 1. The summed E-state index contributed by atoms with van der Waals surface area (Å²) in [7, 11) is 0. The number of thiocarbonyl (C=S) groups is 1. The van der Waals surface area contributed by atoms with E-state index in [1.807, 2.05) is 19.1 Å². The molecule has 0 atom stereocenters. The first kappa shape index (κ1) is 14.9. The minimum Gasteiger partial charge on any atom is -0.389 e. The third kappa shape index (κ3) is 3.96. The van der Waals surface area contributed by atoms with E-state index in [1.165, 1.54) is 5.56 Å². The lowest BCUT2D eigenvalue weighted by atomic mass is 10.1. The highest BCUT2D eigenvalue weighted by Gasteiger charge is 2.11. The second-order valence-corrected chi connectivity index (χ2v) is 4.60. The highest BCUT2D eigenvalue weighted by Crippen LogP contribution is 2.22. The van der Waals surface area contributed by atoms with Gasteiger partial charge < -0.3 is 15.4 Å². The Morgan fingerprint density at radius 1 is 1.39 bits per heavy atom. The molecule has 18 heavy (non-hydrogen) atoms. The van der Waals surface area contributed by atoms with Gasteiger partial charge in [-0.15, -0.1) is 0 Å². The van der Waals surface area contributed by atoms with Gasteiger partial charge in [-0.1, -0.05) is 18.3 Å². The lowest BCUT2D eigenvalue weighted by Crippen LogP contribution is -2.29. The highest BCUT2D eigenvalue weighted by molar-refractivity contribution is 7.80. The van der Waals surface area contributed by atoms with Crippen LogP contribution in [0.2, 0.25) is 0 Å². The molecule has 0 aromatic heterocycles. The van der Waals surface area contributed by atoms with Gasteiger partial charge in [0.2, 0.25) is 0 Å². The predicted molar refractivity (Wildman–Crippen MR) is 81.4 cm³/mol. The second-order valence-electron chi connectivity index (χ2n) is 4.16. The van der Waals surface area contributed by atoms with Gasteiger partial charge in [0, 0.05) is 30.9 Å². The van der Waals surface area contributed by atoms with E-state index < -0.39 is 0 Å². The molecule has 3 nitrogen and oxygen atoms in total. The van der Waals surface area contributed by atoms with Crippen molar-refractivity contribution in [3.8, 4) is 0 Å². The minimum atomic E-state index is 0.444. The van der Waals surface area contributed by atoms with Crippen molar-refractivity contribution in [2.45, 2.75) is 20.8 Å². The van der Waals surface area contributed by atoms with Crippen molar-refractivity contribution in [3.05, 3.63) is 29.3 Å². The molecular weight excluding hydrogens is 244 g/mol. The number of anilines is 1. The Balaban J connectivity index is 2.95. The molecule has 4 heteroatoms. The maximum atomic E-state index is 5.79. The summed E-state index contributed by atoms with van der Waals surface area (Å²) in [6.45, 7) is 9.42. The zero-order valence-corrected chi connectivity index (χ0v) is 12.2. The molecule has 0 saturated heterocycles. The van der Waals surface area contributed by atoms with Crippen LogP contribution in [0.4, 0.5) is 5.69 Å². The number of hydrogen-bond donors (Lipinski definition) is 1. The van der Waals surface area contributed by atoms with Gasteiger partial charge in [0.15, 0.2) is 0 Å². The lowest BCUT2D eigenvalue weighted by molar-refractivity contribution is 0.154. The van der Waals surface area contributed by atoms with E-state index in [-0.39, 0.29) is 0 Å². The van der Waals surface area contributed by atoms with E-state index in [0.29, 0.717) is 4.99 Å². The van der Waals surface area contributed by atoms with Crippen molar-refractivity contribution in [1.29, 1.82) is 0 Å². The summed E-state index contributed by atoms with van der Waals surface area (Å²) in [5, 5.41) is 0. The standard InChI is InChI=1S/C14H22N2OS/c1-4-16(8-9-17-5-2)13-10-11(3)6-7-12(13)14(15)18/h6-7,10H,4-5,8-9H2,1-3H3,(H2,15,18). The molecule has 0 bridgehead atoms. The summed E-state index contributed by atoms with van der Waals surface area (Å²) in [5.41, 5.74) is 9.03. The normalized spacial score (nSPS) is 10.4. The van der Waals surface area contributed by atoms with Gasteiger partial charge in [-0.2, -0.15) is 0 Å². The van der Waals surface area contributed by atoms with Crippen LogP contribution >= 0.6 is 12.2 Å². The molecule has 0 aliphatic carbocycles. The van der Waals surface area contributed by atoms with Gasteiger partial charge in [0.1, 0.15) is 4.99 Å². The SMILES string of the molecule is CCOCCN(CC)c1cc(C)ccc1C(N)=S. The van der Waals surface area contributed by atoms with Gasteiger partial charge in [0.25, 0.3) is 0 Å². The fourth-order valence-corrected chi connectivity index (χ4v) is 2.05. The van der Waals surface area contributed by atoms with Gasteiger partial charge in [-0.05, 0) is 38.5 Å². The zero-order chi connectivity index (χ0) is 13.5. The Hall–Kier alpha value is -1.13. The van der Waals surface area contributed by atoms with E-state index >= 15 is 0 Å². The minimum absolute atomic E-state index is 0.444. The van der Waals surface area contributed by atoms with Crippen LogP contribution in [0.3, 0.4) is 0 Å². The Morgan fingerprint density at radius 2 is 2.11 bits per heavy atom. The molecule has 0 saturated carbocycles. The fourth-order valence-electron chi connectivity index (χ4n) is 1.88. The Labute approximate surface area is 115 Å². The van der Waals surface area contributed by atoms with Crippen molar-refractivity contribution in [1.82, 2.24) is 0 Å². The molecule has 0 unspecified atom stereocenters. The highest BCUT2D eigenvalue weighted by atomic mass is 32.1. The van der Waals surface area contributed by atoms with Crippen molar-refractivity contribution in [3.63, 3.8) is 0 Å². The third-order valence-electron chi connectivity index (χ3n) is 2.85. The average Bonchev–Trinajstić information content (AvgIpc) is 2.34. The van der Waals surface area contributed by atoms with E-state index in [2.05, 4.69) is 24.8 Å². The lowest BCUT2D eigenvalue weighted by Gasteiger charge is -2.25. The molecular formula is C14H22N2OS. The Bertz CT molecular complexity index is 407. The molecule has 0 heterocycles. The van der Waals surface area contributed by atoms with Crippen LogP contribution in [0.5, 0.6) is 0 Å². The van der Waals surface area contributed by atoms with E-state index in [4.69, 9.17) is 22.7 Å². The molecule has 0 aliphatic heterocycles. The largest absolute Gasteiger partial charge is 0.389 e. The smallest absolute Gasteiger partial charge is 0.106 e. The summed E-state index contributed by atoms with van der Waals surface area (Å²) in [6.07, 6.45) is 0. The summed E-state index contributed by atoms with van der Waals surface area (Å²) in [4.78, 5) is 2.69. The molecule has 0 radical (unpaired) electrons. The first-order valence-corrected chi connectivity index (χ1v) is 6.74. The van der Waals surface area contributed by atoms with Gasteiger partial charge in [-0.25, -0.2) is 0 Å². The van der Waals surface area contributed by atoms with Crippen LogP contribution in [-0.2, 0) is 4.74 Å². The van der Waals surface area contributed by atoms with Gasteiger partial charge in [0.05, 0.1) is 6.61 Å². The van der Waals surface area contributed by atoms with Crippen LogP contribution in [0.25, 0.3) is 0 Å². The Kier molecular flexibility index (Phi) is 6.09. The molecule has 2 N–H and O–H groups in total. The molecule has 1 aromatic carbocycles. The number of hydrogen-bond acceptors (Lipinski definition) is 3. The molecule has 100 valence electrons. The van der Waals surface area contributed by atoms with Gasteiger partial charge >= 0.3 is 0 Å². The van der Waals surface area contributed by atoms with Crippen molar-refractivity contribution in [2.75, 3.05) is 31.2 Å². The van der Waals surface area contributed by atoms with Crippen molar-refractivity contribution >= 4 is 22.9 Å². The third-order valence-corrected chi connectivity index (χ3v) is 3.07. The van der Waals surface area contributed by atoms with Crippen molar-refractivity contribution in [2.24, 2.45) is 5.73 Å². The maximum Gasteiger partial charge on any atom is 0.106 e. The summed E-state index contributed by atoms with van der Waals surface area (Å²) in [6, 6.07) is 6.16. The van der Waals surface area contributed by atoms with Crippen LogP contribution in [-0.4, -0.2) is 31.3 Å². The predicted octanol–water partition coefficient (Wildman–Crippen LogP) is 2.49. The summed E-state index contributed by atoms with van der Waals surface area (Å²) < 4.78 is 5.41. The van der Waals surface area contributed by atoms with Crippen LogP contribution < -0.4 is 10.6 Å². The van der Waals surface area contributed by atoms with E-state index in [9.17, 15) is 0 Å². The van der Waals surface area contributed by atoms with E-state index in [1.54, 1.807) is 0 Å². The number of rotatable bonds is 7. The maximum absolute atomic E-state index is 5.79. The topological polar surface area (TPSA) is 38.5 Å². The number of nitrogens with zero attached hydrogens (tertiary/aromatic N) is 1. The zero-order valence-electron chi connectivity index (χ0n) is 11.4. The summed E-state index contributed by atoms with van der Waals surface area (Å²) >= 11 is 5.12. The van der Waals surface area contributed by atoms with Crippen LogP contribution in [0.15, 0.2) is 18.2 Å². The molecule has 0 aliphatic rings. The molecule has 1 aromatic rings. The first-order valence-electron chi connectivity index (χ1n) is 6.33. The number of aryl methyl sites for hydroxylation is 1. The second kappa shape index (κ2) is 7.34. The van der Waals surface area contributed by atoms with E-state index in [0.717, 1.165) is 37.6 Å². The van der Waals surface area contributed by atoms with Crippen molar-refractivity contribution < 1.29 is 4.74 Å². The molecule has 0 spiro atoms. The monoisotopic (exact) mass is 266 g/mol. The number of nitrogens with two attached hydrogens (primary N) is 1. The quantitative estimate of drug-likeness (QED) is 0.608. The summed E-state index contributed by atoms with van der Waals surface area (Å²) in [5.74, 6) is 0. The average molecular weight is 266 g/mol. The van der Waals surface area contributed by atoms with Crippen LogP contribution in [0, 0.1) is 6.92 Å². The molecule has 1 rings (SSSR count). The number of likely N-dealkylation sites (N-methyl/N-ethyl adjacent to an activating group) is 1. The fraction of sp³-hybridized carbons (Fsp3) is 0.500. The molecule has 0 fully saturated rings. The van der Waals surface area contributed by atoms with Gasteiger partial charge in [-0.3, -0.25) is 0 Å². The number of benzene rings is 1. The Morgan fingerprint density at radius 3 is 2.67 bits per heavy atom. The molecule has 0 amide bonds. The van der Waals surface area contributed by atoms with Crippen LogP contribution in [0.1, 0.15) is 25.0 Å².